The zero-order valence-corrected chi connectivity index (χ0v) is 13.7. The normalized spacial score (nSPS) is 19.8. The molecule has 4 rings (SSSR count). The Labute approximate surface area is 142 Å². The molecule has 1 aromatic carbocycles. The first-order valence-electron chi connectivity index (χ1n) is 7.68. The van der Waals surface area contributed by atoms with Crippen LogP contribution in [-0.4, -0.2) is 28.0 Å². The van der Waals surface area contributed by atoms with E-state index in [-0.39, 0.29) is 12.5 Å². The van der Waals surface area contributed by atoms with E-state index < -0.39 is 17.9 Å². The number of imidazole rings is 1. The molecular formula is C17H15N3O3S. The molecule has 1 N–H and O–H groups in total. The van der Waals surface area contributed by atoms with Crippen molar-refractivity contribution < 1.29 is 14.3 Å². The van der Waals surface area contributed by atoms with Crippen LogP contribution >= 0.6 is 11.3 Å². The van der Waals surface area contributed by atoms with Gasteiger partial charge in [-0.25, -0.2) is 4.98 Å². The van der Waals surface area contributed by atoms with Gasteiger partial charge in [0.25, 0.3) is 0 Å². The number of rotatable bonds is 3. The second-order valence-electron chi connectivity index (χ2n) is 5.47. The maximum atomic E-state index is 12.6. The average Bonchev–Trinajstić information content (AvgIpc) is 3.21. The van der Waals surface area contributed by atoms with Crippen LogP contribution in [0.3, 0.4) is 0 Å². The third kappa shape index (κ3) is 2.20. The molecule has 6 nitrogen and oxygen atoms in total. The minimum absolute atomic E-state index is 0.233. The fourth-order valence-corrected chi connectivity index (χ4v) is 3.97. The molecule has 3 heterocycles. The van der Waals surface area contributed by atoms with Crippen LogP contribution in [0.2, 0.25) is 0 Å². The monoisotopic (exact) mass is 341 g/mol. The van der Waals surface area contributed by atoms with Gasteiger partial charge in [-0.3, -0.25) is 14.9 Å². The number of nitrogens with one attached hydrogen (secondary N) is 1. The van der Waals surface area contributed by atoms with Crippen LogP contribution in [0.5, 0.6) is 0 Å². The number of anilines is 1. The molecule has 0 spiro atoms. The molecule has 0 radical (unpaired) electrons. The summed E-state index contributed by atoms with van der Waals surface area (Å²) in [6.45, 7) is 1.97. The average molecular weight is 341 g/mol. The molecule has 3 aromatic rings. The minimum atomic E-state index is -0.936. The lowest BCUT2D eigenvalue weighted by molar-refractivity contribution is -0.152. The summed E-state index contributed by atoms with van der Waals surface area (Å²) in [5.74, 6) is -1.37. The van der Waals surface area contributed by atoms with Crippen molar-refractivity contribution in [2.75, 3.05) is 11.9 Å². The molecular weight excluding hydrogens is 326 g/mol. The van der Waals surface area contributed by atoms with Crippen molar-refractivity contribution in [1.29, 1.82) is 0 Å². The maximum absolute atomic E-state index is 12.6. The molecule has 0 fully saturated rings. The number of thiophene rings is 1. The van der Waals surface area contributed by atoms with Crippen molar-refractivity contribution in [3.63, 3.8) is 0 Å². The molecule has 0 unspecified atom stereocenters. The molecule has 1 aliphatic heterocycles. The van der Waals surface area contributed by atoms with Gasteiger partial charge in [0, 0.05) is 4.88 Å². The second kappa shape index (κ2) is 5.76. The zero-order chi connectivity index (χ0) is 16.7. The first-order valence-corrected chi connectivity index (χ1v) is 8.56. The highest BCUT2D eigenvalue weighted by molar-refractivity contribution is 7.10. The molecule has 1 aliphatic rings. The Morgan fingerprint density at radius 2 is 2.17 bits per heavy atom. The number of ether oxygens (including phenoxy) is 1. The van der Waals surface area contributed by atoms with Gasteiger partial charge in [0.15, 0.2) is 5.92 Å². The number of para-hydroxylation sites is 2. The molecule has 1 amide bonds. The van der Waals surface area contributed by atoms with E-state index in [4.69, 9.17) is 4.74 Å². The summed E-state index contributed by atoms with van der Waals surface area (Å²) < 4.78 is 7.08. The predicted molar refractivity (Wildman–Crippen MR) is 90.9 cm³/mol. The van der Waals surface area contributed by atoms with E-state index in [2.05, 4.69) is 10.3 Å². The number of fused-ring (bicyclic) bond motifs is 3. The van der Waals surface area contributed by atoms with Crippen molar-refractivity contribution >= 4 is 40.2 Å². The van der Waals surface area contributed by atoms with E-state index >= 15 is 0 Å². The highest BCUT2D eigenvalue weighted by atomic mass is 32.1. The Balaban J connectivity index is 1.95. The number of hydrogen-bond acceptors (Lipinski definition) is 5. The first kappa shape index (κ1) is 14.9. The molecule has 0 bridgehead atoms. The molecule has 7 heteroatoms. The van der Waals surface area contributed by atoms with Crippen LogP contribution in [0.4, 0.5) is 5.95 Å². The standard InChI is InChI=1S/C17H15N3O3S/c1-2-23-16(22)13-14(12-8-5-9-24-12)20-11-7-4-3-6-10(11)18-17(20)19-15(13)21/h3-9,13-14H,2H2,1H3,(H,18,19,21)/t13-,14-/m1/s1. The van der Waals surface area contributed by atoms with Crippen molar-refractivity contribution in [3.05, 3.63) is 46.7 Å². The van der Waals surface area contributed by atoms with Gasteiger partial charge in [0.1, 0.15) is 0 Å². The first-order chi connectivity index (χ1) is 11.7. The van der Waals surface area contributed by atoms with Crippen molar-refractivity contribution in [2.45, 2.75) is 13.0 Å². The van der Waals surface area contributed by atoms with Gasteiger partial charge in [-0.1, -0.05) is 18.2 Å². The maximum Gasteiger partial charge on any atom is 0.321 e. The highest BCUT2D eigenvalue weighted by Crippen LogP contribution is 2.40. The Morgan fingerprint density at radius 1 is 1.33 bits per heavy atom. The van der Waals surface area contributed by atoms with Crippen molar-refractivity contribution in [3.8, 4) is 0 Å². The summed E-state index contributed by atoms with van der Waals surface area (Å²) >= 11 is 1.51. The number of benzene rings is 1. The van der Waals surface area contributed by atoms with Gasteiger partial charge in [0.2, 0.25) is 11.9 Å². The SMILES string of the molecule is CCOC(=O)[C@H]1C(=O)Nc2nc3ccccc3n2[C@@H]1c1cccs1. The number of hydrogen-bond donors (Lipinski definition) is 1. The van der Waals surface area contributed by atoms with Crippen LogP contribution in [0.1, 0.15) is 17.8 Å². The Hall–Kier alpha value is -2.67. The molecule has 122 valence electrons. The zero-order valence-electron chi connectivity index (χ0n) is 12.9. The lowest BCUT2D eigenvalue weighted by Gasteiger charge is -2.31. The van der Waals surface area contributed by atoms with Crippen LogP contribution in [0.25, 0.3) is 11.0 Å². The van der Waals surface area contributed by atoms with Gasteiger partial charge in [-0.05, 0) is 30.5 Å². The Bertz CT molecular complexity index is 916. The molecule has 0 saturated carbocycles. The molecule has 0 saturated heterocycles. The minimum Gasteiger partial charge on any atom is -0.465 e. The number of aromatic nitrogens is 2. The van der Waals surface area contributed by atoms with E-state index in [0.717, 1.165) is 15.9 Å². The topological polar surface area (TPSA) is 73.2 Å². The van der Waals surface area contributed by atoms with E-state index in [0.29, 0.717) is 5.95 Å². The fourth-order valence-electron chi connectivity index (χ4n) is 3.11. The van der Waals surface area contributed by atoms with Crippen LogP contribution in [-0.2, 0) is 14.3 Å². The van der Waals surface area contributed by atoms with Crippen LogP contribution < -0.4 is 5.32 Å². The lowest BCUT2D eigenvalue weighted by Crippen LogP contribution is -2.43. The summed E-state index contributed by atoms with van der Waals surface area (Å²) in [6.07, 6.45) is 0. The third-order valence-electron chi connectivity index (χ3n) is 4.08. The number of esters is 1. The van der Waals surface area contributed by atoms with Gasteiger partial charge in [-0.15, -0.1) is 11.3 Å². The summed E-state index contributed by atoms with van der Waals surface area (Å²) in [5, 5.41) is 4.68. The largest absolute Gasteiger partial charge is 0.465 e. The molecule has 24 heavy (non-hydrogen) atoms. The Kier molecular flexibility index (Phi) is 3.57. The second-order valence-corrected chi connectivity index (χ2v) is 6.45. The van der Waals surface area contributed by atoms with Gasteiger partial charge in [-0.2, -0.15) is 0 Å². The summed E-state index contributed by atoms with van der Waals surface area (Å²) in [6, 6.07) is 11.0. The van der Waals surface area contributed by atoms with E-state index in [1.165, 1.54) is 11.3 Å². The fraction of sp³-hybridized carbons (Fsp3) is 0.235. The number of amides is 1. The van der Waals surface area contributed by atoms with Crippen LogP contribution in [0.15, 0.2) is 41.8 Å². The van der Waals surface area contributed by atoms with Crippen LogP contribution in [0, 0.1) is 5.92 Å². The lowest BCUT2D eigenvalue weighted by atomic mass is 9.95. The third-order valence-corrected chi connectivity index (χ3v) is 5.03. The molecule has 2 atom stereocenters. The number of carbonyl (C=O) groups is 2. The smallest absolute Gasteiger partial charge is 0.321 e. The number of nitrogens with zero attached hydrogens (tertiary/aromatic N) is 2. The quantitative estimate of drug-likeness (QED) is 0.587. The summed E-state index contributed by atoms with van der Waals surface area (Å²) in [7, 11) is 0. The van der Waals surface area contributed by atoms with Gasteiger partial charge >= 0.3 is 5.97 Å². The van der Waals surface area contributed by atoms with Gasteiger partial charge in [0.05, 0.1) is 23.7 Å². The molecule has 0 aliphatic carbocycles. The van der Waals surface area contributed by atoms with Gasteiger partial charge < -0.3 is 9.30 Å². The predicted octanol–water partition coefficient (Wildman–Crippen LogP) is 2.82. The Morgan fingerprint density at radius 3 is 2.92 bits per heavy atom. The van der Waals surface area contributed by atoms with Crippen molar-refractivity contribution in [1.82, 2.24) is 9.55 Å². The summed E-state index contributed by atoms with van der Waals surface area (Å²) in [4.78, 5) is 30.5. The van der Waals surface area contributed by atoms with Crippen molar-refractivity contribution in [2.24, 2.45) is 5.92 Å². The molecule has 2 aromatic heterocycles. The van der Waals surface area contributed by atoms with E-state index in [1.807, 2.05) is 46.3 Å². The number of carbonyl (C=O) groups excluding carboxylic acids is 2. The highest BCUT2D eigenvalue weighted by Gasteiger charge is 2.44. The summed E-state index contributed by atoms with van der Waals surface area (Å²) in [5.41, 5.74) is 1.65. The van der Waals surface area contributed by atoms with E-state index in [1.54, 1.807) is 6.92 Å². The van der Waals surface area contributed by atoms with E-state index in [9.17, 15) is 9.59 Å².